The summed E-state index contributed by atoms with van der Waals surface area (Å²) in [5.41, 5.74) is -0.110. The van der Waals surface area contributed by atoms with Crippen molar-refractivity contribution in [1.82, 2.24) is 0 Å². The van der Waals surface area contributed by atoms with Gasteiger partial charge in [-0.25, -0.2) is 21.6 Å². The molecule has 2 aromatic carbocycles. The van der Waals surface area contributed by atoms with Crippen LogP contribution in [0.2, 0.25) is 0 Å². The average molecular weight is 457 g/mol. The molecular formula is C15H14Cl2O8S2. The van der Waals surface area contributed by atoms with Crippen molar-refractivity contribution in [3.8, 4) is 11.5 Å². The van der Waals surface area contributed by atoms with E-state index in [4.69, 9.17) is 35.9 Å². The van der Waals surface area contributed by atoms with E-state index < -0.39 is 24.1 Å². The second-order valence-corrected chi connectivity index (χ2v) is 9.83. The van der Waals surface area contributed by atoms with E-state index in [1.54, 1.807) is 6.07 Å². The summed E-state index contributed by atoms with van der Waals surface area (Å²) in [6.45, 7) is 0. The smallest absolute Gasteiger partial charge is 0.335 e. The molecule has 0 aliphatic rings. The molecule has 148 valence electrons. The number of benzene rings is 2. The maximum Gasteiger partial charge on any atom is 0.335 e. The SMILES string of the molecule is COc1ccc(OC)c(S(=O)(=O)Cl)c1.O=C(O)c1cccc(S(=O)(=O)Cl)c1. The molecule has 0 aliphatic carbocycles. The number of carboxylic acid groups (broad SMARTS) is 1. The first-order valence-corrected chi connectivity index (χ1v) is 11.5. The van der Waals surface area contributed by atoms with Crippen molar-refractivity contribution in [3.63, 3.8) is 0 Å². The van der Waals surface area contributed by atoms with Gasteiger partial charge in [-0.3, -0.25) is 0 Å². The minimum atomic E-state index is -3.85. The van der Waals surface area contributed by atoms with Crippen LogP contribution in [0, 0.1) is 0 Å². The van der Waals surface area contributed by atoms with Crippen LogP contribution >= 0.6 is 21.4 Å². The summed E-state index contributed by atoms with van der Waals surface area (Å²) in [6.07, 6.45) is 0. The van der Waals surface area contributed by atoms with Gasteiger partial charge in [0.25, 0.3) is 18.1 Å². The summed E-state index contributed by atoms with van der Waals surface area (Å²) in [6, 6.07) is 9.21. The first-order chi connectivity index (χ1) is 12.4. The molecule has 0 bridgehead atoms. The fourth-order valence-electron chi connectivity index (χ4n) is 1.76. The Morgan fingerprint density at radius 2 is 1.56 bits per heavy atom. The molecule has 0 aliphatic heterocycles. The van der Waals surface area contributed by atoms with Crippen LogP contribution in [0.5, 0.6) is 11.5 Å². The summed E-state index contributed by atoms with van der Waals surface area (Å²) in [5.74, 6) is -0.590. The van der Waals surface area contributed by atoms with Crippen LogP contribution < -0.4 is 9.47 Å². The largest absolute Gasteiger partial charge is 0.497 e. The number of ether oxygens (including phenoxy) is 2. The monoisotopic (exact) mass is 456 g/mol. The maximum absolute atomic E-state index is 11.1. The Kier molecular flexibility index (Phi) is 7.90. The van der Waals surface area contributed by atoms with Gasteiger partial charge in [-0.15, -0.1) is 0 Å². The fraction of sp³-hybridized carbons (Fsp3) is 0.133. The predicted octanol–water partition coefficient (Wildman–Crippen LogP) is 2.94. The van der Waals surface area contributed by atoms with Crippen LogP contribution in [-0.4, -0.2) is 42.1 Å². The zero-order valence-corrected chi connectivity index (χ0v) is 17.1. The topological polar surface area (TPSA) is 124 Å². The molecule has 12 heteroatoms. The maximum atomic E-state index is 11.1. The van der Waals surface area contributed by atoms with Crippen LogP contribution in [-0.2, 0) is 18.1 Å². The van der Waals surface area contributed by atoms with Crippen LogP contribution in [0.4, 0.5) is 0 Å². The van der Waals surface area contributed by atoms with E-state index in [2.05, 4.69) is 0 Å². The van der Waals surface area contributed by atoms with E-state index in [-0.39, 0.29) is 21.1 Å². The summed E-state index contributed by atoms with van der Waals surface area (Å²) in [7, 11) is 5.37. The van der Waals surface area contributed by atoms with Crippen LogP contribution in [0.3, 0.4) is 0 Å². The summed E-state index contributed by atoms with van der Waals surface area (Å²) < 4.78 is 53.5. The lowest BCUT2D eigenvalue weighted by atomic mass is 10.2. The second-order valence-electron chi connectivity index (χ2n) is 4.73. The van der Waals surface area contributed by atoms with E-state index in [0.717, 1.165) is 6.07 Å². The summed E-state index contributed by atoms with van der Waals surface area (Å²) in [5, 5.41) is 8.54. The molecule has 0 spiro atoms. The highest BCUT2D eigenvalue weighted by atomic mass is 35.7. The van der Waals surface area contributed by atoms with Gasteiger partial charge in [0, 0.05) is 27.4 Å². The fourth-order valence-corrected chi connectivity index (χ4v) is 3.56. The molecule has 0 saturated carbocycles. The van der Waals surface area contributed by atoms with Crippen molar-refractivity contribution in [2.24, 2.45) is 0 Å². The van der Waals surface area contributed by atoms with E-state index >= 15 is 0 Å². The molecule has 0 atom stereocenters. The highest BCUT2D eigenvalue weighted by molar-refractivity contribution is 8.14. The van der Waals surface area contributed by atoms with Gasteiger partial charge in [-0.1, -0.05) is 6.07 Å². The number of hydrogen-bond acceptors (Lipinski definition) is 7. The number of carboxylic acids is 1. The standard InChI is InChI=1S/C8H9ClO4S.C7H5ClO4S/c1-12-6-3-4-7(13-2)8(5-6)14(9,10)11;8-13(11,12)6-3-1-2-5(4-6)7(9)10/h3-5H,1-2H3;1-4H,(H,9,10). The molecule has 8 nitrogen and oxygen atoms in total. The number of hydrogen-bond donors (Lipinski definition) is 1. The highest BCUT2D eigenvalue weighted by Crippen LogP contribution is 2.30. The Morgan fingerprint density at radius 3 is 2.00 bits per heavy atom. The third-order valence-corrected chi connectivity index (χ3v) is 5.69. The zero-order valence-electron chi connectivity index (χ0n) is 13.9. The Bertz CT molecular complexity index is 1030. The van der Waals surface area contributed by atoms with Crippen molar-refractivity contribution < 1.29 is 36.2 Å². The summed E-state index contributed by atoms with van der Waals surface area (Å²) >= 11 is 0. The van der Waals surface area contributed by atoms with Crippen LogP contribution in [0.1, 0.15) is 10.4 Å². The molecular weight excluding hydrogens is 443 g/mol. The Morgan fingerprint density at radius 1 is 0.926 bits per heavy atom. The van der Waals surface area contributed by atoms with Gasteiger partial charge in [0.15, 0.2) is 0 Å². The first kappa shape index (κ1) is 23.0. The molecule has 0 amide bonds. The van der Waals surface area contributed by atoms with E-state index in [1.165, 1.54) is 44.6 Å². The van der Waals surface area contributed by atoms with Crippen LogP contribution in [0.15, 0.2) is 52.3 Å². The van der Waals surface area contributed by atoms with Gasteiger partial charge in [0.2, 0.25) is 0 Å². The lowest BCUT2D eigenvalue weighted by Gasteiger charge is -2.07. The molecule has 27 heavy (non-hydrogen) atoms. The number of rotatable bonds is 5. The molecule has 0 saturated heterocycles. The molecule has 0 heterocycles. The Hall–Kier alpha value is -2.01. The minimum Gasteiger partial charge on any atom is -0.497 e. The molecule has 2 rings (SSSR count). The molecule has 0 radical (unpaired) electrons. The van der Waals surface area contributed by atoms with Gasteiger partial charge in [0.05, 0.1) is 24.7 Å². The zero-order chi connectivity index (χ0) is 20.8. The summed E-state index contributed by atoms with van der Waals surface area (Å²) in [4.78, 5) is 10.1. The van der Waals surface area contributed by atoms with Crippen LogP contribution in [0.25, 0.3) is 0 Å². The average Bonchev–Trinajstić information content (AvgIpc) is 2.60. The van der Waals surface area contributed by atoms with Gasteiger partial charge < -0.3 is 14.6 Å². The molecule has 1 N–H and O–H groups in total. The quantitative estimate of drug-likeness (QED) is 0.680. The van der Waals surface area contributed by atoms with Gasteiger partial charge in [-0.05, 0) is 30.3 Å². The van der Waals surface area contributed by atoms with Crippen molar-refractivity contribution in [2.45, 2.75) is 9.79 Å². The number of halogens is 2. The van der Waals surface area contributed by atoms with Crippen molar-refractivity contribution >= 4 is 45.4 Å². The third kappa shape index (κ3) is 6.90. The van der Waals surface area contributed by atoms with E-state index in [1.807, 2.05) is 0 Å². The predicted molar refractivity (Wildman–Crippen MR) is 99.0 cm³/mol. The highest BCUT2D eigenvalue weighted by Gasteiger charge is 2.17. The van der Waals surface area contributed by atoms with E-state index in [0.29, 0.717) is 5.75 Å². The second kappa shape index (κ2) is 9.27. The Labute approximate surface area is 165 Å². The molecule has 2 aromatic rings. The lowest BCUT2D eigenvalue weighted by molar-refractivity contribution is 0.0696. The molecule has 0 fully saturated rings. The van der Waals surface area contributed by atoms with Gasteiger partial charge >= 0.3 is 5.97 Å². The number of aromatic carboxylic acids is 1. The first-order valence-electron chi connectivity index (χ1n) is 6.85. The number of methoxy groups -OCH3 is 2. The Balaban J connectivity index is 0.000000271. The van der Waals surface area contributed by atoms with Gasteiger partial charge in [0.1, 0.15) is 16.4 Å². The van der Waals surface area contributed by atoms with Crippen molar-refractivity contribution in [2.75, 3.05) is 14.2 Å². The third-order valence-electron chi connectivity index (χ3n) is 3.00. The normalized spacial score (nSPS) is 11.1. The van der Waals surface area contributed by atoms with Crippen molar-refractivity contribution in [3.05, 3.63) is 48.0 Å². The molecule has 0 unspecified atom stereocenters. The lowest BCUT2D eigenvalue weighted by Crippen LogP contribution is -1.98. The van der Waals surface area contributed by atoms with Gasteiger partial charge in [-0.2, -0.15) is 0 Å². The minimum absolute atomic E-state index is 0.0963. The van der Waals surface area contributed by atoms with E-state index in [9.17, 15) is 21.6 Å². The van der Waals surface area contributed by atoms with Crippen molar-refractivity contribution in [1.29, 1.82) is 0 Å². The number of carbonyl (C=O) groups is 1. The molecule has 0 aromatic heterocycles.